The molecule has 1 fully saturated rings. The summed E-state index contributed by atoms with van der Waals surface area (Å²) in [7, 11) is 0. The Balaban J connectivity index is 2.20. The fourth-order valence-corrected chi connectivity index (χ4v) is 1.92. The lowest BCUT2D eigenvalue weighted by Crippen LogP contribution is -2.18. The number of nitrogens with one attached hydrogen (secondary N) is 1. The van der Waals surface area contributed by atoms with Gasteiger partial charge in [0.15, 0.2) is 6.10 Å². The van der Waals surface area contributed by atoms with E-state index in [9.17, 15) is 13.2 Å². The Hall–Kier alpha value is -1.74. The van der Waals surface area contributed by atoms with E-state index in [-0.39, 0.29) is 5.75 Å². The highest BCUT2D eigenvalue weighted by atomic mass is 19.4. The smallest absolute Gasteiger partial charge is 0.419 e. The third-order valence-corrected chi connectivity index (χ3v) is 3.31. The Morgan fingerprint density at radius 3 is 2.67 bits per heavy atom. The van der Waals surface area contributed by atoms with Crippen LogP contribution >= 0.6 is 0 Å². The lowest BCUT2D eigenvalue weighted by atomic mass is 10.1. The van der Waals surface area contributed by atoms with Crippen LogP contribution in [-0.4, -0.2) is 12.1 Å². The normalized spacial score (nSPS) is 16.3. The van der Waals surface area contributed by atoms with Crippen molar-refractivity contribution in [3.8, 4) is 11.8 Å². The molecule has 0 bridgehead atoms. The van der Waals surface area contributed by atoms with Gasteiger partial charge in [0.25, 0.3) is 0 Å². The lowest BCUT2D eigenvalue weighted by Gasteiger charge is -2.17. The van der Waals surface area contributed by atoms with E-state index in [1.807, 2.05) is 6.07 Å². The van der Waals surface area contributed by atoms with Crippen LogP contribution in [0.25, 0.3) is 0 Å². The summed E-state index contributed by atoms with van der Waals surface area (Å²) in [5.74, 6) is -0.286. The summed E-state index contributed by atoms with van der Waals surface area (Å²) in [5, 5.41) is 12.0. The molecule has 6 heteroatoms. The highest BCUT2D eigenvalue weighted by molar-refractivity contribution is 5.39. The fourth-order valence-electron chi connectivity index (χ4n) is 1.92. The molecule has 2 rings (SSSR count). The summed E-state index contributed by atoms with van der Waals surface area (Å²) in [6, 6.07) is 6.26. The van der Waals surface area contributed by atoms with Crippen molar-refractivity contribution in [2.24, 2.45) is 0 Å². The van der Waals surface area contributed by atoms with Crippen molar-refractivity contribution in [3.63, 3.8) is 0 Å². The Morgan fingerprint density at radius 1 is 1.43 bits per heavy atom. The zero-order valence-electron chi connectivity index (χ0n) is 11.7. The van der Waals surface area contributed by atoms with Crippen molar-refractivity contribution in [2.45, 2.75) is 51.1 Å². The average Bonchev–Trinajstić information content (AvgIpc) is 3.26. The fraction of sp³-hybridized carbons (Fsp3) is 0.533. The van der Waals surface area contributed by atoms with Crippen LogP contribution in [0.2, 0.25) is 0 Å². The van der Waals surface area contributed by atoms with E-state index in [1.165, 1.54) is 6.07 Å². The number of halogens is 3. The molecule has 0 spiro atoms. The summed E-state index contributed by atoms with van der Waals surface area (Å²) in [4.78, 5) is 0. The standard InChI is InChI=1S/C15H17F3N2O/c1-2-12(8-19)21-14-6-3-10(9-20-11-4-5-11)7-13(14)15(16,17)18/h3,6-7,11-12,20H,2,4-5,9H2,1H3. The van der Waals surface area contributed by atoms with Crippen LogP contribution in [0.15, 0.2) is 18.2 Å². The van der Waals surface area contributed by atoms with E-state index in [0.717, 1.165) is 18.9 Å². The van der Waals surface area contributed by atoms with E-state index in [4.69, 9.17) is 10.00 Å². The molecule has 1 aromatic carbocycles. The van der Waals surface area contributed by atoms with Crippen molar-refractivity contribution in [3.05, 3.63) is 29.3 Å². The molecule has 0 radical (unpaired) electrons. The van der Waals surface area contributed by atoms with Crippen LogP contribution in [0.4, 0.5) is 13.2 Å². The van der Waals surface area contributed by atoms with Crippen LogP contribution in [0.1, 0.15) is 37.3 Å². The number of ether oxygens (including phenoxy) is 1. The second-order valence-corrected chi connectivity index (χ2v) is 5.13. The molecule has 1 aliphatic carbocycles. The molecule has 114 valence electrons. The molecule has 1 aromatic rings. The molecule has 0 saturated heterocycles. The van der Waals surface area contributed by atoms with Crippen LogP contribution in [0.3, 0.4) is 0 Å². The van der Waals surface area contributed by atoms with Crippen LogP contribution in [0.5, 0.6) is 5.75 Å². The molecule has 1 saturated carbocycles. The minimum absolute atomic E-state index is 0.286. The summed E-state index contributed by atoms with van der Waals surface area (Å²) in [6.45, 7) is 2.10. The zero-order valence-corrected chi connectivity index (χ0v) is 11.7. The summed E-state index contributed by atoms with van der Waals surface area (Å²) in [6.07, 6.45) is -2.89. The van der Waals surface area contributed by atoms with Gasteiger partial charge in [0, 0.05) is 12.6 Å². The van der Waals surface area contributed by atoms with Gasteiger partial charge in [-0.05, 0) is 37.0 Å². The Bertz CT molecular complexity index is 533. The van der Waals surface area contributed by atoms with E-state index >= 15 is 0 Å². The number of hydrogen-bond donors (Lipinski definition) is 1. The molecular weight excluding hydrogens is 281 g/mol. The monoisotopic (exact) mass is 298 g/mol. The number of alkyl halides is 3. The lowest BCUT2D eigenvalue weighted by molar-refractivity contribution is -0.139. The molecule has 0 amide bonds. The maximum absolute atomic E-state index is 13.1. The zero-order chi connectivity index (χ0) is 15.5. The van der Waals surface area contributed by atoms with Gasteiger partial charge in [-0.15, -0.1) is 0 Å². The van der Waals surface area contributed by atoms with Crippen molar-refractivity contribution >= 4 is 0 Å². The van der Waals surface area contributed by atoms with Gasteiger partial charge in [-0.3, -0.25) is 0 Å². The maximum Gasteiger partial charge on any atom is 0.419 e. The van der Waals surface area contributed by atoms with E-state index < -0.39 is 17.8 Å². The quantitative estimate of drug-likeness (QED) is 0.872. The number of nitrogens with zero attached hydrogens (tertiary/aromatic N) is 1. The van der Waals surface area contributed by atoms with Gasteiger partial charge in [-0.2, -0.15) is 18.4 Å². The van der Waals surface area contributed by atoms with Crippen LogP contribution in [-0.2, 0) is 12.7 Å². The van der Waals surface area contributed by atoms with E-state index in [1.54, 1.807) is 13.0 Å². The average molecular weight is 298 g/mol. The number of nitriles is 1. The first-order chi connectivity index (χ1) is 9.94. The first kappa shape index (κ1) is 15.6. The predicted octanol–water partition coefficient (Wildman–Crippen LogP) is 3.64. The molecule has 0 aliphatic heterocycles. The summed E-state index contributed by atoms with van der Waals surface area (Å²) >= 11 is 0. The highest BCUT2D eigenvalue weighted by Gasteiger charge is 2.35. The second-order valence-electron chi connectivity index (χ2n) is 5.13. The highest BCUT2D eigenvalue weighted by Crippen LogP contribution is 2.37. The van der Waals surface area contributed by atoms with Crippen molar-refractivity contribution < 1.29 is 17.9 Å². The van der Waals surface area contributed by atoms with Crippen LogP contribution < -0.4 is 10.1 Å². The van der Waals surface area contributed by atoms with Crippen molar-refractivity contribution in [1.29, 1.82) is 5.26 Å². The molecule has 1 unspecified atom stereocenters. The molecule has 1 N–H and O–H groups in total. The molecule has 0 aromatic heterocycles. The third-order valence-electron chi connectivity index (χ3n) is 3.31. The van der Waals surface area contributed by atoms with E-state index in [2.05, 4.69) is 5.32 Å². The first-order valence-electron chi connectivity index (χ1n) is 6.93. The molecule has 3 nitrogen and oxygen atoms in total. The number of benzene rings is 1. The first-order valence-corrected chi connectivity index (χ1v) is 6.93. The summed E-state index contributed by atoms with van der Waals surface area (Å²) < 4.78 is 44.5. The van der Waals surface area contributed by atoms with Crippen LogP contribution in [0, 0.1) is 11.3 Å². The summed E-state index contributed by atoms with van der Waals surface area (Å²) in [5.41, 5.74) is -0.266. The van der Waals surface area contributed by atoms with Gasteiger partial charge in [0.05, 0.1) is 5.56 Å². The predicted molar refractivity (Wildman–Crippen MR) is 71.6 cm³/mol. The SMILES string of the molecule is CCC(C#N)Oc1ccc(CNC2CC2)cc1C(F)(F)F. The van der Waals surface area contributed by atoms with Crippen molar-refractivity contribution in [2.75, 3.05) is 0 Å². The molecule has 0 heterocycles. The van der Waals surface area contributed by atoms with Gasteiger partial charge < -0.3 is 10.1 Å². The molecule has 1 atom stereocenters. The molecular formula is C15H17F3N2O. The van der Waals surface area contributed by atoms with Gasteiger partial charge in [-0.25, -0.2) is 0 Å². The third kappa shape index (κ3) is 4.36. The maximum atomic E-state index is 13.1. The van der Waals surface area contributed by atoms with Gasteiger partial charge in [-0.1, -0.05) is 13.0 Å². The topological polar surface area (TPSA) is 45.0 Å². The van der Waals surface area contributed by atoms with E-state index in [0.29, 0.717) is 24.6 Å². The van der Waals surface area contributed by atoms with Gasteiger partial charge in [0.1, 0.15) is 11.8 Å². The number of rotatable bonds is 6. The number of hydrogen-bond acceptors (Lipinski definition) is 3. The molecule has 1 aliphatic rings. The molecule has 21 heavy (non-hydrogen) atoms. The van der Waals surface area contributed by atoms with Gasteiger partial charge in [0.2, 0.25) is 0 Å². The van der Waals surface area contributed by atoms with Gasteiger partial charge >= 0.3 is 6.18 Å². The largest absolute Gasteiger partial charge is 0.475 e. The Morgan fingerprint density at radius 2 is 2.14 bits per heavy atom. The van der Waals surface area contributed by atoms with Crippen molar-refractivity contribution in [1.82, 2.24) is 5.32 Å². The minimum Gasteiger partial charge on any atom is -0.475 e. The minimum atomic E-state index is -4.50. The second kappa shape index (κ2) is 6.35. The Kier molecular flexibility index (Phi) is 4.73. The Labute approximate surface area is 121 Å².